The number of aryl methyl sites for hydroxylation is 1. The van der Waals surface area contributed by atoms with Crippen LogP contribution in [0.4, 0.5) is 10.7 Å². The van der Waals surface area contributed by atoms with Crippen molar-refractivity contribution < 1.29 is 9.53 Å². The lowest BCUT2D eigenvalue weighted by molar-refractivity contribution is -0.125. The zero-order valence-electron chi connectivity index (χ0n) is 11.5. The second-order valence-electron chi connectivity index (χ2n) is 4.79. The van der Waals surface area contributed by atoms with Gasteiger partial charge >= 0.3 is 0 Å². The van der Waals surface area contributed by atoms with Crippen molar-refractivity contribution in [1.82, 2.24) is 4.98 Å². The van der Waals surface area contributed by atoms with Crippen LogP contribution >= 0.6 is 11.3 Å². The largest absolute Gasteiger partial charge is 0.479 e. The maximum absolute atomic E-state index is 12.0. The molecule has 5 nitrogen and oxygen atoms in total. The maximum atomic E-state index is 12.0. The Bertz CT molecular complexity index is 696. The second kappa shape index (κ2) is 4.49. The van der Waals surface area contributed by atoms with Gasteiger partial charge in [-0.2, -0.15) is 0 Å². The quantitative estimate of drug-likeness (QED) is 0.875. The second-order valence-corrected chi connectivity index (χ2v) is 6.02. The summed E-state index contributed by atoms with van der Waals surface area (Å²) in [5.41, 5.74) is 8.37. The number of anilines is 2. The molecular weight excluding hydrogens is 274 g/mol. The average molecular weight is 289 g/mol. The molecule has 104 valence electrons. The summed E-state index contributed by atoms with van der Waals surface area (Å²) in [4.78, 5) is 18.0. The molecule has 1 aromatic carbocycles. The van der Waals surface area contributed by atoms with Crippen molar-refractivity contribution >= 4 is 27.9 Å². The van der Waals surface area contributed by atoms with E-state index in [4.69, 9.17) is 10.5 Å². The highest BCUT2D eigenvalue weighted by molar-refractivity contribution is 7.16. The smallest absolute Gasteiger partial charge is 0.267 e. The van der Waals surface area contributed by atoms with Crippen LogP contribution in [0.15, 0.2) is 18.2 Å². The minimum absolute atomic E-state index is 0.0583. The van der Waals surface area contributed by atoms with E-state index >= 15 is 0 Å². The highest BCUT2D eigenvalue weighted by atomic mass is 32.1. The first kappa shape index (κ1) is 12.9. The number of amides is 1. The van der Waals surface area contributed by atoms with Crippen molar-refractivity contribution in [2.24, 2.45) is 0 Å². The van der Waals surface area contributed by atoms with Gasteiger partial charge in [0.05, 0.1) is 10.7 Å². The van der Waals surface area contributed by atoms with Crippen molar-refractivity contribution in [3.8, 4) is 17.0 Å². The van der Waals surface area contributed by atoms with Crippen LogP contribution in [0.25, 0.3) is 11.3 Å². The minimum Gasteiger partial charge on any atom is -0.479 e. The zero-order valence-corrected chi connectivity index (χ0v) is 12.3. The number of ether oxygens (including phenoxy) is 1. The predicted molar refractivity (Wildman–Crippen MR) is 80.2 cm³/mol. The van der Waals surface area contributed by atoms with Crippen LogP contribution in [0.5, 0.6) is 5.75 Å². The summed E-state index contributed by atoms with van der Waals surface area (Å²) >= 11 is 1.46. The van der Waals surface area contributed by atoms with E-state index in [0.29, 0.717) is 10.8 Å². The predicted octanol–water partition coefficient (Wildman–Crippen LogP) is 2.44. The first-order valence-electron chi connectivity index (χ1n) is 6.29. The number of benzene rings is 1. The molecule has 0 spiro atoms. The number of nitrogens with zero attached hydrogens (tertiary/aromatic N) is 2. The lowest BCUT2D eigenvalue weighted by atomic mass is 10.1. The van der Waals surface area contributed by atoms with Crippen LogP contribution in [-0.4, -0.2) is 24.0 Å². The van der Waals surface area contributed by atoms with E-state index < -0.39 is 6.10 Å². The lowest BCUT2D eigenvalue weighted by Crippen LogP contribution is -2.41. The Kier molecular flexibility index (Phi) is 2.90. The number of carbonyl (C=O) groups excluding carboxylic acids is 1. The molecule has 1 aromatic heterocycles. The Morgan fingerprint density at radius 3 is 2.85 bits per heavy atom. The molecule has 1 amide bonds. The molecule has 3 rings (SSSR count). The Balaban J connectivity index is 2.10. The van der Waals surface area contributed by atoms with Gasteiger partial charge < -0.3 is 15.4 Å². The Morgan fingerprint density at radius 1 is 1.45 bits per heavy atom. The van der Waals surface area contributed by atoms with Gasteiger partial charge in [-0.15, -0.1) is 11.3 Å². The molecular formula is C14H15N3O2S. The van der Waals surface area contributed by atoms with Crippen LogP contribution in [0, 0.1) is 6.92 Å². The molecule has 0 saturated heterocycles. The van der Waals surface area contributed by atoms with Crippen molar-refractivity contribution in [1.29, 1.82) is 0 Å². The van der Waals surface area contributed by atoms with Gasteiger partial charge in [0.2, 0.25) is 0 Å². The molecule has 2 heterocycles. The summed E-state index contributed by atoms with van der Waals surface area (Å²) in [5.74, 6) is 0.644. The molecule has 0 saturated carbocycles. The summed E-state index contributed by atoms with van der Waals surface area (Å²) < 4.78 is 5.60. The van der Waals surface area contributed by atoms with Crippen LogP contribution in [0.1, 0.15) is 11.9 Å². The van der Waals surface area contributed by atoms with E-state index in [1.54, 1.807) is 18.9 Å². The van der Waals surface area contributed by atoms with Crippen LogP contribution < -0.4 is 15.4 Å². The number of hydrogen-bond acceptors (Lipinski definition) is 5. The molecule has 0 fully saturated rings. The SMILES string of the molecule is Cc1nc(-c2ccc3c(c2)N(C)C(=O)C(C)O3)c(N)s1. The summed E-state index contributed by atoms with van der Waals surface area (Å²) in [6, 6.07) is 5.67. The van der Waals surface area contributed by atoms with Crippen LogP contribution in [0.2, 0.25) is 0 Å². The third-order valence-corrected chi connectivity index (χ3v) is 4.14. The third-order valence-electron chi connectivity index (χ3n) is 3.34. The normalized spacial score (nSPS) is 17.9. The molecule has 0 radical (unpaired) electrons. The molecule has 2 N–H and O–H groups in total. The monoisotopic (exact) mass is 289 g/mol. The number of carbonyl (C=O) groups is 1. The third kappa shape index (κ3) is 1.92. The molecule has 2 aromatic rings. The fourth-order valence-electron chi connectivity index (χ4n) is 2.31. The number of fused-ring (bicyclic) bond motifs is 1. The number of aromatic nitrogens is 1. The van der Waals surface area contributed by atoms with Gasteiger partial charge in [-0.3, -0.25) is 4.79 Å². The fourth-order valence-corrected chi connectivity index (χ4v) is 3.02. The molecule has 0 bridgehead atoms. The van der Waals surface area contributed by atoms with Gasteiger partial charge in [0.15, 0.2) is 6.10 Å². The number of nitrogens with two attached hydrogens (primary N) is 1. The van der Waals surface area contributed by atoms with E-state index in [-0.39, 0.29) is 5.91 Å². The van der Waals surface area contributed by atoms with Gasteiger partial charge in [-0.1, -0.05) is 0 Å². The Morgan fingerprint density at radius 2 is 2.20 bits per heavy atom. The first-order valence-corrected chi connectivity index (χ1v) is 7.10. The van der Waals surface area contributed by atoms with Crippen molar-refractivity contribution in [3.05, 3.63) is 23.2 Å². The molecule has 0 aliphatic carbocycles. The standard InChI is InChI=1S/C14H15N3O2S/c1-7-14(18)17(3)10-6-9(4-5-11(10)19-7)12-13(15)20-8(2)16-12/h4-7H,15H2,1-3H3. The van der Waals surface area contributed by atoms with E-state index in [2.05, 4.69) is 4.98 Å². The zero-order chi connectivity index (χ0) is 14.4. The molecule has 20 heavy (non-hydrogen) atoms. The van der Waals surface area contributed by atoms with Gasteiger partial charge in [0.1, 0.15) is 16.4 Å². The summed E-state index contributed by atoms with van der Waals surface area (Å²) in [6.45, 7) is 3.67. The van der Waals surface area contributed by atoms with Crippen molar-refractivity contribution in [3.63, 3.8) is 0 Å². The van der Waals surface area contributed by atoms with E-state index in [0.717, 1.165) is 22.0 Å². The number of likely N-dealkylation sites (N-methyl/N-ethyl adjacent to an activating group) is 1. The Hall–Kier alpha value is -2.08. The number of thiazole rings is 1. The fraction of sp³-hybridized carbons (Fsp3) is 0.286. The summed E-state index contributed by atoms with van der Waals surface area (Å²) in [6.07, 6.45) is -0.454. The average Bonchev–Trinajstić information content (AvgIpc) is 2.75. The highest BCUT2D eigenvalue weighted by Gasteiger charge is 2.29. The lowest BCUT2D eigenvalue weighted by Gasteiger charge is -2.30. The van der Waals surface area contributed by atoms with Gasteiger partial charge in [0.25, 0.3) is 5.91 Å². The van der Waals surface area contributed by atoms with E-state index in [1.807, 2.05) is 25.1 Å². The number of nitrogen functional groups attached to an aromatic ring is 1. The van der Waals surface area contributed by atoms with Crippen LogP contribution in [-0.2, 0) is 4.79 Å². The Labute approximate surface area is 121 Å². The van der Waals surface area contributed by atoms with E-state index in [9.17, 15) is 4.79 Å². The van der Waals surface area contributed by atoms with Gasteiger partial charge in [-0.25, -0.2) is 4.98 Å². The minimum atomic E-state index is -0.454. The number of rotatable bonds is 1. The molecule has 1 atom stereocenters. The molecule has 1 aliphatic rings. The van der Waals surface area contributed by atoms with E-state index in [1.165, 1.54) is 11.3 Å². The molecule has 1 aliphatic heterocycles. The number of hydrogen-bond donors (Lipinski definition) is 1. The van der Waals surface area contributed by atoms with Crippen molar-refractivity contribution in [2.45, 2.75) is 20.0 Å². The van der Waals surface area contributed by atoms with Crippen LogP contribution in [0.3, 0.4) is 0 Å². The molecule has 1 unspecified atom stereocenters. The molecule has 6 heteroatoms. The van der Waals surface area contributed by atoms with Gasteiger partial charge in [-0.05, 0) is 32.0 Å². The summed E-state index contributed by atoms with van der Waals surface area (Å²) in [5, 5.41) is 1.60. The first-order chi connectivity index (χ1) is 9.47. The van der Waals surface area contributed by atoms with Gasteiger partial charge in [0, 0.05) is 12.6 Å². The summed E-state index contributed by atoms with van der Waals surface area (Å²) in [7, 11) is 1.75. The maximum Gasteiger partial charge on any atom is 0.267 e. The van der Waals surface area contributed by atoms with Crippen molar-refractivity contribution in [2.75, 3.05) is 17.7 Å². The highest BCUT2D eigenvalue weighted by Crippen LogP contribution is 2.38. The topological polar surface area (TPSA) is 68.5 Å².